The number of hydrogen-bond donors (Lipinski definition) is 2. The van der Waals surface area contributed by atoms with Crippen LogP contribution in [-0.4, -0.2) is 25.1 Å². The van der Waals surface area contributed by atoms with Crippen molar-refractivity contribution in [2.24, 2.45) is 0 Å². The van der Waals surface area contributed by atoms with Gasteiger partial charge in [0, 0.05) is 24.2 Å². The highest BCUT2D eigenvalue weighted by molar-refractivity contribution is 5.90. The van der Waals surface area contributed by atoms with Gasteiger partial charge in [-0.05, 0) is 44.4 Å². The van der Waals surface area contributed by atoms with Crippen molar-refractivity contribution < 1.29 is 9.53 Å². The number of ether oxygens (including phenoxy) is 1. The van der Waals surface area contributed by atoms with Gasteiger partial charge in [-0.2, -0.15) is 0 Å². The first-order valence-electron chi connectivity index (χ1n) is 7.54. The van der Waals surface area contributed by atoms with E-state index in [1.54, 1.807) is 0 Å². The van der Waals surface area contributed by atoms with Crippen molar-refractivity contribution in [1.82, 2.24) is 5.32 Å². The normalized spacial score (nSPS) is 17.9. The van der Waals surface area contributed by atoms with Crippen LogP contribution in [0.25, 0.3) is 0 Å². The Kier molecular flexibility index (Phi) is 5.87. The van der Waals surface area contributed by atoms with Crippen LogP contribution in [0.3, 0.4) is 0 Å². The predicted octanol–water partition coefficient (Wildman–Crippen LogP) is 2.95. The van der Waals surface area contributed by atoms with E-state index in [4.69, 9.17) is 4.74 Å². The summed E-state index contributed by atoms with van der Waals surface area (Å²) in [7, 11) is 0. The van der Waals surface area contributed by atoms with Crippen molar-refractivity contribution >= 4 is 11.6 Å². The van der Waals surface area contributed by atoms with E-state index in [0.717, 1.165) is 30.8 Å². The minimum atomic E-state index is 0.0753. The number of nitrogens with one attached hydrogen (secondary N) is 2. The lowest BCUT2D eigenvalue weighted by Crippen LogP contribution is -2.23. The molecule has 1 aromatic rings. The van der Waals surface area contributed by atoms with Gasteiger partial charge in [-0.25, -0.2) is 0 Å². The molecule has 1 heterocycles. The Bertz CT molecular complexity index is 428. The molecule has 20 heavy (non-hydrogen) atoms. The molecular formula is C16H24N2O2. The van der Waals surface area contributed by atoms with Crippen molar-refractivity contribution in [2.75, 3.05) is 18.5 Å². The quantitative estimate of drug-likeness (QED) is 0.805. The van der Waals surface area contributed by atoms with Crippen LogP contribution in [0.15, 0.2) is 24.3 Å². The molecule has 1 fully saturated rings. The molecule has 1 aliphatic rings. The average molecular weight is 276 g/mol. The first-order chi connectivity index (χ1) is 9.78. The summed E-state index contributed by atoms with van der Waals surface area (Å²) in [6.45, 7) is 3.86. The van der Waals surface area contributed by atoms with Gasteiger partial charge in [0.25, 0.3) is 0 Å². The second-order valence-electron chi connectivity index (χ2n) is 5.26. The summed E-state index contributed by atoms with van der Waals surface area (Å²) < 4.78 is 5.56. The van der Waals surface area contributed by atoms with Gasteiger partial charge in [-0.15, -0.1) is 0 Å². The molecule has 4 nitrogen and oxygen atoms in total. The van der Waals surface area contributed by atoms with Crippen molar-refractivity contribution in [3.63, 3.8) is 0 Å². The van der Waals surface area contributed by atoms with Gasteiger partial charge in [0.1, 0.15) is 5.75 Å². The lowest BCUT2D eigenvalue weighted by molar-refractivity contribution is -0.116. The van der Waals surface area contributed by atoms with Crippen molar-refractivity contribution in [1.29, 1.82) is 0 Å². The standard InChI is InChI=1S/C16H24N2O2/c1-2-11-20-15-7-3-5-14(12-15)18-16(19)9-8-13-6-4-10-17-13/h3,5,7,12-13,17H,2,4,6,8-11H2,1H3,(H,18,19). The number of rotatable bonds is 7. The Hall–Kier alpha value is -1.55. The van der Waals surface area contributed by atoms with E-state index in [-0.39, 0.29) is 5.91 Å². The summed E-state index contributed by atoms with van der Waals surface area (Å²) in [5, 5.41) is 6.34. The summed E-state index contributed by atoms with van der Waals surface area (Å²) in [5.41, 5.74) is 0.808. The second-order valence-corrected chi connectivity index (χ2v) is 5.26. The average Bonchev–Trinajstić information content (AvgIpc) is 2.97. The molecule has 1 amide bonds. The summed E-state index contributed by atoms with van der Waals surface area (Å²) in [6, 6.07) is 8.10. The molecule has 2 N–H and O–H groups in total. The first-order valence-corrected chi connectivity index (χ1v) is 7.54. The number of amides is 1. The van der Waals surface area contributed by atoms with Crippen LogP contribution in [0.2, 0.25) is 0 Å². The van der Waals surface area contributed by atoms with E-state index in [9.17, 15) is 4.79 Å². The van der Waals surface area contributed by atoms with Crippen LogP contribution >= 0.6 is 0 Å². The summed E-state index contributed by atoms with van der Waals surface area (Å²) in [4.78, 5) is 11.9. The molecule has 0 radical (unpaired) electrons. The van der Waals surface area contributed by atoms with Gasteiger partial charge < -0.3 is 15.4 Å². The zero-order valence-electron chi connectivity index (χ0n) is 12.2. The Balaban J connectivity index is 1.77. The Morgan fingerprint density at radius 3 is 3.15 bits per heavy atom. The van der Waals surface area contributed by atoms with E-state index >= 15 is 0 Å². The highest BCUT2D eigenvalue weighted by Crippen LogP contribution is 2.18. The van der Waals surface area contributed by atoms with E-state index in [2.05, 4.69) is 17.6 Å². The Labute approximate surface area is 120 Å². The molecule has 1 aliphatic heterocycles. The van der Waals surface area contributed by atoms with Crippen LogP contribution in [-0.2, 0) is 4.79 Å². The number of carbonyl (C=O) groups is 1. The monoisotopic (exact) mass is 276 g/mol. The maximum absolute atomic E-state index is 11.9. The van der Waals surface area contributed by atoms with Gasteiger partial charge in [0.05, 0.1) is 6.61 Å². The third kappa shape index (κ3) is 4.85. The number of anilines is 1. The fourth-order valence-corrected chi connectivity index (χ4v) is 2.42. The predicted molar refractivity (Wildman–Crippen MR) is 81.1 cm³/mol. The number of carbonyl (C=O) groups excluding carboxylic acids is 1. The molecule has 2 rings (SSSR count). The maximum atomic E-state index is 11.9. The Morgan fingerprint density at radius 2 is 2.40 bits per heavy atom. The van der Waals surface area contributed by atoms with Gasteiger partial charge in [-0.1, -0.05) is 13.0 Å². The molecule has 0 aromatic heterocycles. The van der Waals surface area contributed by atoms with Crippen LogP contribution in [0.5, 0.6) is 5.75 Å². The zero-order chi connectivity index (χ0) is 14.2. The minimum absolute atomic E-state index is 0.0753. The smallest absolute Gasteiger partial charge is 0.224 e. The molecule has 1 saturated heterocycles. The van der Waals surface area contributed by atoms with Gasteiger partial charge in [0.15, 0.2) is 0 Å². The molecular weight excluding hydrogens is 252 g/mol. The summed E-state index contributed by atoms with van der Waals surface area (Å²) in [6.07, 6.45) is 4.87. The third-order valence-electron chi connectivity index (χ3n) is 3.47. The van der Waals surface area contributed by atoms with Crippen molar-refractivity contribution in [2.45, 2.75) is 45.1 Å². The van der Waals surface area contributed by atoms with E-state index in [1.807, 2.05) is 24.3 Å². The molecule has 1 atom stereocenters. The fraction of sp³-hybridized carbons (Fsp3) is 0.562. The van der Waals surface area contributed by atoms with Crippen LogP contribution in [0, 0.1) is 0 Å². The number of hydrogen-bond acceptors (Lipinski definition) is 3. The van der Waals surface area contributed by atoms with Gasteiger partial charge in [-0.3, -0.25) is 4.79 Å². The Morgan fingerprint density at radius 1 is 1.50 bits per heavy atom. The lowest BCUT2D eigenvalue weighted by atomic mass is 10.1. The molecule has 110 valence electrons. The van der Waals surface area contributed by atoms with Crippen molar-refractivity contribution in [3.05, 3.63) is 24.3 Å². The number of benzene rings is 1. The molecule has 1 aromatic carbocycles. The molecule has 0 spiro atoms. The maximum Gasteiger partial charge on any atom is 0.224 e. The molecule has 0 bridgehead atoms. The first kappa shape index (κ1) is 14.9. The van der Waals surface area contributed by atoms with Crippen molar-refractivity contribution in [3.8, 4) is 5.75 Å². The van der Waals surface area contributed by atoms with Crippen LogP contribution < -0.4 is 15.4 Å². The topological polar surface area (TPSA) is 50.4 Å². The molecule has 0 aliphatic carbocycles. The van der Waals surface area contributed by atoms with Gasteiger partial charge >= 0.3 is 0 Å². The third-order valence-corrected chi connectivity index (χ3v) is 3.47. The fourth-order valence-electron chi connectivity index (χ4n) is 2.42. The van der Waals surface area contributed by atoms with Crippen LogP contribution in [0.1, 0.15) is 39.0 Å². The highest BCUT2D eigenvalue weighted by Gasteiger charge is 2.15. The van der Waals surface area contributed by atoms with E-state index in [1.165, 1.54) is 12.8 Å². The summed E-state index contributed by atoms with van der Waals surface area (Å²) >= 11 is 0. The lowest BCUT2D eigenvalue weighted by Gasteiger charge is -2.11. The highest BCUT2D eigenvalue weighted by atomic mass is 16.5. The molecule has 0 saturated carbocycles. The van der Waals surface area contributed by atoms with E-state index in [0.29, 0.717) is 19.1 Å². The van der Waals surface area contributed by atoms with Gasteiger partial charge in [0.2, 0.25) is 5.91 Å². The molecule has 4 heteroatoms. The summed E-state index contributed by atoms with van der Waals surface area (Å²) in [5.74, 6) is 0.883. The molecule has 1 unspecified atom stereocenters. The largest absolute Gasteiger partial charge is 0.494 e. The second kappa shape index (κ2) is 7.90. The minimum Gasteiger partial charge on any atom is -0.494 e. The van der Waals surface area contributed by atoms with Crippen LogP contribution in [0.4, 0.5) is 5.69 Å². The van der Waals surface area contributed by atoms with E-state index < -0.39 is 0 Å². The SMILES string of the molecule is CCCOc1cccc(NC(=O)CCC2CCCN2)c1. The zero-order valence-corrected chi connectivity index (χ0v) is 12.2.